The number of pyridine rings is 1. The number of aryl methyl sites for hydroxylation is 1. The molecule has 1 amide bonds. The lowest BCUT2D eigenvalue weighted by Gasteiger charge is -2.33. The number of aromatic nitrogens is 1. The van der Waals surface area contributed by atoms with Gasteiger partial charge in [0.25, 0.3) is 0 Å². The molecule has 8 nitrogen and oxygen atoms in total. The number of anilines is 1. The van der Waals surface area contributed by atoms with E-state index in [1.54, 1.807) is 6.07 Å². The Hall–Kier alpha value is -4.23. The van der Waals surface area contributed by atoms with Gasteiger partial charge in [0.05, 0.1) is 37.2 Å². The maximum absolute atomic E-state index is 13.7. The topological polar surface area (TPSA) is 92.2 Å². The standard InChI is InChI=1S/C33H33F6N3O5/c1-16-9-27(41-7-4-8-41)40-25(28(16)24-12-18(5-6-26(24)46-3)22-14-23(22)30(43)44)15-42-17(2)29(47-31(42)45)19-10-20(32(34,35)36)13-21(11-19)33(37,38)39/h5-6,9-12,17,20,22-23,29H,4,7-8,13-15H2,1-3H3,(H,43,44)/t17-,20?,22+,23-,29-/m0/s1. The van der Waals surface area contributed by atoms with E-state index < -0.39 is 60.4 Å². The van der Waals surface area contributed by atoms with Crippen LogP contribution in [0, 0.1) is 18.8 Å². The highest BCUT2D eigenvalue weighted by molar-refractivity contribution is 5.80. The smallest absolute Gasteiger partial charge is 0.412 e. The van der Waals surface area contributed by atoms with E-state index >= 15 is 0 Å². The lowest BCUT2D eigenvalue weighted by Crippen LogP contribution is -2.38. The number of alkyl halides is 6. The summed E-state index contributed by atoms with van der Waals surface area (Å²) in [7, 11) is 1.49. The Labute approximate surface area is 266 Å². The third-order valence-corrected chi connectivity index (χ3v) is 9.49. The van der Waals surface area contributed by atoms with Crippen molar-refractivity contribution in [3.05, 3.63) is 64.4 Å². The highest BCUT2D eigenvalue weighted by Crippen LogP contribution is 2.50. The van der Waals surface area contributed by atoms with Gasteiger partial charge in [0.1, 0.15) is 17.7 Å². The lowest BCUT2D eigenvalue weighted by molar-refractivity contribution is -0.166. The summed E-state index contributed by atoms with van der Waals surface area (Å²) in [4.78, 5) is 33.1. The Balaban J connectivity index is 1.38. The van der Waals surface area contributed by atoms with E-state index in [4.69, 9.17) is 14.5 Å². The van der Waals surface area contributed by atoms with Gasteiger partial charge in [-0.25, -0.2) is 9.78 Å². The fraction of sp³-hybridized carbons (Fsp3) is 0.485. The number of aliphatic carboxylic acids is 1. The number of benzene rings is 1. The number of rotatable bonds is 8. The zero-order valence-electron chi connectivity index (χ0n) is 25.8. The van der Waals surface area contributed by atoms with E-state index in [9.17, 15) is 41.0 Å². The van der Waals surface area contributed by atoms with Gasteiger partial charge in [0, 0.05) is 29.8 Å². The van der Waals surface area contributed by atoms with Gasteiger partial charge in [-0.15, -0.1) is 0 Å². The first-order chi connectivity index (χ1) is 22.1. The first kappa shape index (κ1) is 32.7. The molecule has 252 valence electrons. The molecule has 0 bridgehead atoms. The maximum atomic E-state index is 13.7. The largest absolute Gasteiger partial charge is 0.496 e. The quantitative estimate of drug-likeness (QED) is 0.299. The van der Waals surface area contributed by atoms with Gasteiger partial charge in [-0.1, -0.05) is 12.1 Å². The number of carboxylic acids is 1. The molecule has 1 saturated carbocycles. The van der Waals surface area contributed by atoms with Crippen LogP contribution in [0.4, 0.5) is 37.0 Å². The van der Waals surface area contributed by atoms with Crippen LogP contribution in [-0.2, 0) is 16.1 Å². The summed E-state index contributed by atoms with van der Waals surface area (Å²) in [5.41, 5.74) is 1.56. The number of carbonyl (C=O) groups is 2. The second-order valence-electron chi connectivity index (χ2n) is 12.6. The SMILES string of the molecule is COc1ccc([C@H]2C[C@@H]2C(=O)O)cc1-c1c(C)cc(N2CCC2)nc1CN1C(=O)O[C@H](C2=CC(C(F)(F)F)CC(C(F)(F)F)=C2)[C@@H]1C. The Bertz CT molecular complexity index is 1660. The minimum atomic E-state index is -4.99. The summed E-state index contributed by atoms with van der Waals surface area (Å²) in [5.74, 6) is -2.80. The molecule has 1 aromatic heterocycles. The molecule has 1 aromatic carbocycles. The van der Waals surface area contributed by atoms with E-state index in [0.717, 1.165) is 30.6 Å². The monoisotopic (exact) mass is 665 g/mol. The number of halogens is 6. The van der Waals surface area contributed by atoms with Crippen LogP contribution in [0.5, 0.6) is 5.75 Å². The second kappa shape index (κ2) is 11.8. The van der Waals surface area contributed by atoms with Gasteiger partial charge < -0.3 is 19.5 Å². The Morgan fingerprint density at radius 1 is 1.15 bits per heavy atom. The fourth-order valence-corrected chi connectivity index (χ4v) is 6.64. The summed E-state index contributed by atoms with van der Waals surface area (Å²) in [6, 6.07) is 6.38. The molecule has 1 unspecified atom stereocenters. The third kappa shape index (κ3) is 6.26. The van der Waals surface area contributed by atoms with E-state index in [2.05, 4.69) is 4.90 Å². The first-order valence-corrected chi connectivity index (χ1v) is 15.3. The number of carbonyl (C=O) groups excluding carboxylic acids is 1. The molecule has 3 heterocycles. The van der Waals surface area contributed by atoms with Crippen molar-refractivity contribution in [1.29, 1.82) is 0 Å². The van der Waals surface area contributed by atoms with E-state index in [-0.39, 0.29) is 18.0 Å². The number of amides is 1. The van der Waals surface area contributed by atoms with Crippen molar-refractivity contribution >= 4 is 17.9 Å². The normalized spacial score (nSPS) is 26.0. The third-order valence-electron chi connectivity index (χ3n) is 9.49. The number of carboxylic acid groups (broad SMARTS) is 1. The lowest BCUT2D eigenvalue weighted by atomic mass is 9.86. The molecule has 2 aliphatic heterocycles. The fourth-order valence-electron chi connectivity index (χ4n) is 6.64. The predicted molar refractivity (Wildman–Crippen MR) is 158 cm³/mol. The van der Waals surface area contributed by atoms with Crippen molar-refractivity contribution < 1.29 is 50.5 Å². The highest BCUT2D eigenvalue weighted by Gasteiger charge is 2.49. The van der Waals surface area contributed by atoms with Gasteiger partial charge >= 0.3 is 24.4 Å². The Morgan fingerprint density at radius 3 is 2.45 bits per heavy atom. The van der Waals surface area contributed by atoms with Crippen molar-refractivity contribution in [3.63, 3.8) is 0 Å². The predicted octanol–water partition coefficient (Wildman–Crippen LogP) is 7.17. The average molecular weight is 666 g/mol. The molecule has 3 fully saturated rings. The van der Waals surface area contributed by atoms with Gasteiger partial charge in [-0.3, -0.25) is 9.69 Å². The molecule has 5 atom stereocenters. The van der Waals surface area contributed by atoms with Crippen LogP contribution >= 0.6 is 0 Å². The number of allylic oxidation sites excluding steroid dienone is 2. The number of methoxy groups -OCH3 is 1. The van der Waals surface area contributed by atoms with Crippen molar-refractivity contribution in [2.24, 2.45) is 11.8 Å². The number of hydrogen-bond acceptors (Lipinski definition) is 6. The van der Waals surface area contributed by atoms with E-state index in [1.165, 1.54) is 18.9 Å². The zero-order chi connectivity index (χ0) is 34.0. The minimum absolute atomic E-state index is 0.158. The Kier molecular flexibility index (Phi) is 8.20. The van der Waals surface area contributed by atoms with Gasteiger partial charge in [0.2, 0.25) is 0 Å². The molecule has 1 N–H and O–H groups in total. The van der Waals surface area contributed by atoms with Crippen molar-refractivity contribution in [3.8, 4) is 16.9 Å². The molecule has 0 radical (unpaired) electrons. The molecular formula is C33H33F6N3O5. The molecule has 14 heteroatoms. The van der Waals surface area contributed by atoms with Gasteiger partial charge in [-0.2, -0.15) is 26.3 Å². The summed E-state index contributed by atoms with van der Waals surface area (Å²) >= 11 is 0. The van der Waals surface area contributed by atoms with Crippen LogP contribution < -0.4 is 9.64 Å². The molecule has 0 spiro atoms. The zero-order valence-corrected chi connectivity index (χ0v) is 25.8. The summed E-state index contributed by atoms with van der Waals surface area (Å²) in [5, 5.41) is 9.50. The number of nitrogens with zero attached hydrogens (tertiary/aromatic N) is 3. The summed E-state index contributed by atoms with van der Waals surface area (Å²) in [6.07, 6.45) is -10.6. The van der Waals surface area contributed by atoms with Crippen LogP contribution in [0.15, 0.2) is 47.6 Å². The minimum Gasteiger partial charge on any atom is -0.496 e. The molecule has 2 saturated heterocycles. The van der Waals surface area contributed by atoms with Crippen molar-refractivity contribution in [2.45, 2.75) is 70.1 Å². The molecule has 2 aromatic rings. The molecule has 4 aliphatic rings. The van der Waals surface area contributed by atoms with Crippen LogP contribution in [0.2, 0.25) is 0 Å². The van der Waals surface area contributed by atoms with Crippen LogP contribution in [0.25, 0.3) is 11.1 Å². The number of cyclic esters (lactones) is 1. The molecule has 6 rings (SSSR count). The number of hydrogen-bond donors (Lipinski definition) is 1. The number of ether oxygens (including phenoxy) is 2. The average Bonchev–Trinajstić information content (AvgIpc) is 3.72. The van der Waals surface area contributed by atoms with E-state index in [0.29, 0.717) is 47.0 Å². The van der Waals surface area contributed by atoms with E-state index in [1.807, 2.05) is 25.1 Å². The van der Waals surface area contributed by atoms with Crippen molar-refractivity contribution in [2.75, 3.05) is 25.1 Å². The molecule has 47 heavy (non-hydrogen) atoms. The van der Waals surface area contributed by atoms with Crippen LogP contribution in [-0.4, -0.2) is 71.8 Å². The van der Waals surface area contributed by atoms with Crippen LogP contribution in [0.1, 0.15) is 48.9 Å². The Morgan fingerprint density at radius 2 is 1.87 bits per heavy atom. The van der Waals surface area contributed by atoms with Crippen LogP contribution in [0.3, 0.4) is 0 Å². The van der Waals surface area contributed by atoms with Gasteiger partial charge in [-0.05, 0) is 80.0 Å². The molecule has 2 aliphatic carbocycles. The van der Waals surface area contributed by atoms with Crippen molar-refractivity contribution in [1.82, 2.24) is 9.88 Å². The summed E-state index contributed by atoms with van der Waals surface area (Å²) < 4.78 is 93.1. The first-order valence-electron chi connectivity index (χ1n) is 15.3. The molecular weight excluding hydrogens is 632 g/mol. The second-order valence-corrected chi connectivity index (χ2v) is 12.6. The summed E-state index contributed by atoms with van der Waals surface area (Å²) in [6.45, 7) is 4.77. The van der Waals surface area contributed by atoms with Gasteiger partial charge in [0.15, 0.2) is 0 Å². The maximum Gasteiger partial charge on any atom is 0.412 e. The highest BCUT2D eigenvalue weighted by atomic mass is 19.4.